The molecule has 0 fully saturated rings. The molecule has 0 radical (unpaired) electrons. The van der Waals surface area contributed by atoms with E-state index in [1.807, 2.05) is 13.0 Å². The maximum atomic E-state index is 10.6. The van der Waals surface area contributed by atoms with Crippen molar-refractivity contribution >= 4 is 5.91 Å². The summed E-state index contributed by atoms with van der Waals surface area (Å²) in [6.07, 6.45) is 0.822. The number of methoxy groups -OCH3 is 1. The zero-order chi connectivity index (χ0) is 12.8. The zero-order valence-electron chi connectivity index (χ0n) is 10.7. The number of carbonyl (C=O) groups excluding carboxylic acids is 1. The van der Waals surface area contributed by atoms with Gasteiger partial charge < -0.3 is 15.8 Å². The summed E-state index contributed by atoms with van der Waals surface area (Å²) < 4.78 is 5.37. The first-order valence-electron chi connectivity index (χ1n) is 5.67. The van der Waals surface area contributed by atoms with Crippen LogP contribution in [0.3, 0.4) is 0 Å². The van der Waals surface area contributed by atoms with Crippen LogP contribution in [-0.4, -0.2) is 26.1 Å². The van der Waals surface area contributed by atoms with Crippen LogP contribution in [0.1, 0.15) is 16.7 Å². The second-order valence-electron chi connectivity index (χ2n) is 4.16. The molecule has 4 heteroatoms. The van der Waals surface area contributed by atoms with Gasteiger partial charge in [0.2, 0.25) is 5.91 Å². The van der Waals surface area contributed by atoms with Crippen LogP contribution in [0.25, 0.3) is 0 Å². The molecule has 4 nitrogen and oxygen atoms in total. The number of benzene rings is 1. The van der Waals surface area contributed by atoms with Crippen molar-refractivity contribution in [2.45, 2.75) is 20.3 Å². The summed E-state index contributed by atoms with van der Waals surface area (Å²) >= 11 is 0. The first kappa shape index (κ1) is 13.5. The van der Waals surface area contributed by atoms with E-state index < -0.39 is 0 Å². The molecule has 0 atom stereocenters. The summed E-state index contributed by atoms with van der Waals surface area (Å²) in [5.41, 5.74) is 8.63. The number of carbonyl (C=O) groups is 1. The number of hydrogen-bond donors (Lipinski definition) is 2. The number of primary amides is 1. The van der Waals surface area contributed by atoms with Crippen molar-refractivity contribution in [1.29, 1.82) is 0 Å². The molecule has 0 bridgehead atoms. The molecule has 0 saturated heterocycles. The maximum absolute atomic E-state index is 10.6. The minimum Gasteiger partial charge on any atom is -0.496 e. The van der Waals surface area contributed by atoms with Crippen molar-refractivity contribution in [3.8, 4) is 5.75 Å². The van der Waals surface area contributed by atoms with Crippen molar-refractivity contribution < 1.29 is 9.53 Å². The molecule has 1 amide bonds. The molecule has 1 aromatic rings. The second-order valence-corrected chi connectivity index (χ2v) is 4.16. The van der Waals surface area contributed by atoms with Gasteiger partial charge in [-0.2, -0.15) is 0 Å². The molecule has 3 N–H and O–H groups in total. The van der Waals surface area contributed by atoms with Gasteiger partial charge in [0.15, 0.2) is 0 Å². The van der Waals surface area contributed by atoms with E-state index in [2.05, 4.69) is 18.3 Å². The molecule has 0 aliphatic heterocycles. The maximum Gasteiger partial charge on any atom is 0.231 e. The van der Waals surface area contributed by atoms with E-state index in [1.54, 1.807) is 7.11 Å². The van der Waals surface area contributed by atoms with Crippen molar-refractivity contribution in [1.82, 2.24) is 5.32 Å². The van der Waals surface area contributed by atoms with E-state index in [-0.39, 0.29) is 12.5 Å². The van der Waals surface area contributed by atoms with E-state index >= 15 is 0 Å². The van der Waals surface area contributed by atoms with E-state index in [0.29, 0.717) is 6.54 Å². The van der Waals surface area contributed by atoms with E-state index in [1.165, 1.54) is 16.7 Å². The van der Waals surface area contributed by atoms with Gasteiger partial charge in [0.1, 0.15) is 5.75 Å². The van der Waals surface area contributed by atoms with Gasteiger partial charge in [-0.15, -0.1) is 0 Å². The van der Waals surface area contributed by atoms with Crippen LogP contribution in [0.15, 0.2) is 12.1 Å². The van der Waals surface area contributed by atoms with Crippen LogP contribution in [0.4, 0.5) is 0 Å². The highest BCUT2D eigenvalue weighted by Gasteiger charge is 2.07. The molecule has 0 unspecified atom stereocenters. The van der Waals surface area contributed by atoms with Gasteiger partial charge in [-0.25, -0.2) is 0 Å². The predicted octanol–water partition coefficient (Wildman–Crippen LogP) is 0.929. The fraction of sp³-hybridized carbons (Fsp3) is 0.462. The van der Waals surface area contributed by atoms with E-state index in [0.717, 1.165) is 12.2 Å². The topological polar surface area (TPSA) is 64.3 Å². The molecule has 0 aliphatic rings. The van der Waals surface area contributed by atoms with Crippen molar-refractivity contribution in [2.24, 2.45) is 5.73 Å². The fourth-order valence-electron chi connectivity index (χ4n) is 1.89. The number of nitrogens with one attached hydrogen (secondary N) is 1. The molecule has 0 saturated carbocycles. The Kier molecular flexibility index (Phi) is 4.97. The lowest BCUT2D eigenvalue weighted by molar-refractivity contribution is -0.117. The summed E-state index contributed by atoms with van der Waals surface area (Å²) in [6, 6.07) is 4.16. The highest BCUT2D eigenvalue weighted by atomic mass is 16.5. The lowest BCUT2D eigenvalue weighted by Gasteiger charge is -2.13. The minimum absolute atomic E-state index is 0.216. The van der Waals surface area contributed by atoms with Crippen LogP contribution < -0.4 is 15.8 Å². The van der Waals surface area contributed by atoms with Gasteiger partial charge in [0.05, 0.1) is 13.7 Å². The Balaban J connectivity index is 2.66. The standard InChI is InChI=1S/C13H20N2O2/c1-9-6-10(2)11(12(7-9)17-3)4-5-15-8-13(14)16/h6-7,15H,4-5,8H2,1-3H3,(H2,14,16). The highest BCUT2D eigenvalue weighted by molar-refractivity contribution is 5.75. The Morgan fingerprint density at radius 3 is 2.71 bits per heavy atom. The number of amides is 1. The number of aryl methyl sites for hydroxylation is 2. The third-order valence-corrected chi connectivity index (χ3v) is 2.65. The Morgan fingerprint density at radius 2 is 2.12 bits per heavy atom. The first-order valence-corrected chi connectivity index (χ1v) is 5.67. The van der Waals surface area contributed by atoms with Crippen LogP contribution in [0, 0.1) is 13.8 Å². The Labute approximate surface area is 102 Å². The van der Waals surface area contributed by atoms with Crippen molar-refractivity contribution in [2.75, 3.05) is 20.2 Å². The third kappa shape index (κ3) is 4.07. The first-order chi connectivity index (χ1) is 8.04. The monoisotopic (exact) mass is 236 g/mol. The van der Waals surface area contributed by atoms with E-state index in [4.69, 9.17) is 10.5 Å². The second kappa shape index (κ2) is 6.25. The van der Waals surface area contributed by atoms with E-state index in [9.17, 15) is 4.79 Å². The average Bonchev–Trinajstić information content (AvgIpc) is 2.25. The molecule has 0 aromatic heterocycles. The Hall–Kier alpha value is -1.55. The Morgan fingerprint density at radius 1 is 1.41 bits per heavy atom. The van der Waals surface area contributed by atoms with Crippen LogP contribution >= 0.6 is 0 Å². The van der Waals surface area contributed by atoms with Crippen LogP contribution in [0.2, 0.25) is 0 Å². The number of nitrogens with two attached hydrogens (primary N) is 1. The van der Waals surface area contributed by atoms with Crippen molar-refractivity contribution in [3.05, 3.63) is 28.8 Å². The van der Waals surface area contributed by atoms with Gasteiger partial charge >= 0.3 is 0 Å². The molecule has 0 spiro atoms. The summed E-state index contributed by atoms with van der Waals surface area (Å²) in [5.74, 6) is 0.570. The molecule has 94 valence electrons. The normalized spacial score (nSPS) is 10.3. The van der Waals surface area contributed by atoms with Crippen LogP contribution in [0.5, 0.6) is 5.75 Å². The van der Waals surface area contributed by atoms with Crippen molar-refractivity contribution in [3.63, 3.8) is 0 Å². The number of rotatable bonds is 6. The number of hydrogen-bond acceptors (Lipinski definition) is 3. The van der Waals surface area contributed by atoms with Gasteiger partial charge in [-0.05, 0) is 49.6 Å². The molecular formula is C13H20N2O2. The minimum atomic E-state index is -0.336. The zero-order valence-corrected chi connectivity index (χ0v) is 10.7. The van der Waals surface area contributed by atoms with Gasteiger partial charge in [-0.3, -0.25) is 4.79 Å². The molecule has 1 aromatic carbocycles. The van der Waals surface area contributed by atoms with Gasteiger partial charge in [-0.1, -0.05) is 6.07 Å². The molecule has 17 heavy (non-hydrogen) atoms. The highest BCUT2D eigenvalue weighted by Crippen LogP contribution is 2.24. The summed E-state index contributed by atoms with van der Waals surface area (Å²) in [5, 5.41) is 3.00. The molecule has 1 rings (SSSR count). The smallest absolute Gasteiger partial charge is 0.231 e. The number of ether oxygens (including phenoxy) is 1. The molecule has 0 heterocycles. The predicted molar refractivity (Wildman–Crippen MR) is 68.2 cm³/mol. The Bertz CT molecular complexity index is 403. The third-order valence-electron chi connectivity index (χ3n) is 2.65. The van der Waals surface area contributed by atoms with Crippen LogP contribution in [-0.2, 0) is 11.2 Å². The lowest BCUT2D eigenvalue weighted by atomic mass is 10.0. The van der Waals surface area contributed by atoms with Gasteiger partial charge in [0.25, 0.3) is 0 Å². The quantitative estimate of drug-likeness (QED) is 0.722. The SMILES string of the molecule is COc1cc(C)cc(C)c1CCNCC(N)=O. The fourth-order valence-corrected chi connectivity index (χ4v) is 1.89. The largest absolute Gasteiger partial charge is 0.496 e. The summed E-state index contributed by atoms with van der Waals surface area (Å²) in [6.45, 7) is 5.04. The molecular weight excluding hydrogens is 216 g/mol. The van der Waals surface area contributed by atoms with Gasteiger partial charge in [0, 0.05) is 0 Å². The average molecular weight is 236 g/mol. The summed E-state index contributed by atoms with van der Waals surface area (Å²) in [7, 11) is 1.68. The molecule has 0 aliphatic carbocycles. The lowest BCUT2D eigenvalue weighted by Crippen LogP contribution is -2.30. The summed E-state index contributed by atoms with van der Waals surface area (Å²) in [4.78, 5) is 10.6.